The first-order valence-corrected chi connectivity index (χ1v) is 8.83. The number of hydrogen-bond donors (Lipinski definition) is 1. The van der Waals surface area contributed by atoms with Gasteiger partial charge in [0.2, 0.25) is 5.82 Å². The molecule has 28 heavy (non-hydrogen) atoms. The highest BCUT2D eigenvalue weighted by atomic mass is 16.6. The Morgan fingerprint density at radius 2 is 1.82 bits per heavy atom. The van der Waals surface area contributed by atoms with Gasteiger partial charge >= 0.3 is 5.97 Å². The van der Waals surface area contributed by atoms with Crippen LogP contribution in [-0.2, 0) is 16.1 Å². The number of aromatic nitrogens is 2. The number of benzene rings is 2. The van der Waals surface area contributed by atoms with Crippen molar-refractivity contribution >= 4 is 11.9 Å². The molecule has 1 aromatic heterocycles. The van der Waals surface area contributed by atoms with E-state index in [9.17, 15) is 9.59 Å². The number of hydrogen-bond acceptors (Lipinski definition) is 6. The molecule has 1 amide bonds. The molecule has 0 bridgehead atoms. The van der Waals surface area contributed by atoms with Gasteiger partial charge in [0.1, 0.15) is 6.54 Å². The van der Waals surface area contributed by atoms with Crippen LogP contribution < -0.4 is 5.32 Å². The molecule has 1 heterocycles. The number of nitrogens with one attached hydrogen (secondary N) is 1. The Bertz CT molecular complexity index is 1010. The largest absolute Gasteiger partial charge is 0.454 e. The van der Waals surface area contributed by atoms with Crippen LogP contribution in [-0.4, -0.2) is 28.6 Å². The van der Waals surface area contributed by atoms with Gasteiger partial charge in [-0.15, -0.1) is 0 Å². The van der Waals surface area contributed by atoms with E-state index in [0.29, 0.717) is 11.4 Å². The zero-order valence-corrected chi connectivity index (χ0v) is 16.0. The van der Waals surface area contributed by atoms with Crippen LogP contribution in [0.5, 0.6) is 0 Å². The number of nitrogens with zero attached hydrogens (tertiary/aromatic N) is 2. The molecule has 2 aromatic carbocycles. The van der Waals surface area contributed by atoms with Gasteiger partial charge in [-0.3, -0.25) is 9.59 Å². The van der Waals surface area contributed by atoms with Crippen molar-refractivity contribution in [3.63, 3.8) is 0 Å². The Morgan fingerprint density at radius 1 is 1.04 bits per heavy atom. The lowest BCUT2D eigenvalue weighted by atomic mass is 10.1. The van der Waals surface area contributed by atoms with Gasteiger partial charge < -0.3 is 14.6 Å². The third-order valence-electron chi connectivity index (χ3n) is 4.37. The van der Waals surface area contributed by atoms with Crippen LogP contribution in [0.2, 0.25) is 0 Å². The summed E-state index contributed by atoms with van der Waals surface area (Å²) < 4.78 is 10.2. The molecule has 0 saturated heterocycles. The average molecular weight is 379 g/mol. The summed E-state index contributed by atoms with van der Waals surface area (Å²) in [5, 5.41) is 6.45. The van der Waals surface area contributed by atoms with Crippen LogP contribution in [0.3, 0.4) is 0 Å². The number of aryl methyl sites for hydroxylation is 3. The predicted molar refractivity (Wildman–Crippen MR) is 103 cm³/mol. The Hall–Kier alpha value is -3.48. The fourth-order valence-electron chi connectivity index (χ4n) is 2.58. The summed E-state index contributed by atoms with van der Waals surface area (Å²) in [6.45, 7) is 5.44. The van der Waals surface area contributed by atoms with Gasteiger partial charge in [0.25, 0.3) is 11.8 Å². The summed E-state index contributed by atoms with van der Waals surface area (Å²) in [7, 11) is 0. The smallest absolute Gasteiger partial charge is 0.325 e. The lowest BCUT2D eigenvalue weighted by Gasteiger charge is -2.07. The summed E-state index contributed by atoms with van der Waals surface area (Å²) >= 11 is 0. The van der Waals surface area contributed by atoms with Gasteiger partial charge in [-0.1, -0.05) is 35.5 Å². The van der Waals surface area contributed by atoms with Crippen LogP contribution in [0, 0.1) is 20.8 Å². The average Bonchev–Trinajstić information content (AvgIpc) is 3.15. The summed E-state index contributed by atoms with van der Waals surface area (Å²) in [5.74, 6) is -0.299. The highest BCUT2D eigenvalue weighted by Crippen LogP contribution is 2.19. The molecule has 3 rings (SSSR count). The molecule has 0 unspecified atom stereocenters. The molecule has 7 nitrogen and oxygen atoms in total. The molecule has 0 aliphatic heterocycles. The second-order valence-corrected chi connectivity index (χ2v) is 6.47. The minimum Gasteiger partial charge on any atom is -0.454 e. The van der Waals surface area contributed by atoms with Gasteiger partial charge in [-0.2, -0.15) is 4.98 Å². The molecule has 0 saturated carbocycles. The van der Waals surface area contributed by atoms with E-state index in [1.54, 1.807) is 12.1 Å². The summed E-state index contributed by atoms with van der Waals surface area (Å²) in [6.07, 6.45) is 0. The Balaban J connectivity index is 1.50. The molecule has 1 N–H and O–H groups in total. The fourth-order valence-corrected chi connectivity index (χ4v) is 2.58. The lowest BCUT2D eigenvalue weighted by Crippen LogP contribution is -2.30. The van der Waals surface area contributed by atoms with E-state index in [0.717, 1.165) is 22.3 Å². The van der Waals surface area contributed by atoms with Crippen molar-refractivity contribution in [1.29, 1.82) is 0 Å². The first-order chi connectivity index (χ1) is 13.4. The molecule has 0 spiro atoms. The molecule has 0 aliphatic rings. The quantitative estimate of drug-likeness (QED) is 0.661. The number of amides is 1. The number of esters is 1. The SMILES string of the molecule is Cc1ccc(C(=O)NCC(=O)OCc2nc(-c3ccccc3C)no2)cc1C. The topological polar surface area (TPSA) is 94.3 Å². The molecular formula is C21H21N3O4. The maximum Gasteiger partial charge on any atom is 0.325 e. The molecular weight excluding hydrogens is 358 g/mol. The number of carbonyl (C=O) groups is 2. The van der Waals surface area contributed by atoms with E-state index in [-0.39, 0.29) is 24.9 Å². The summed E-state index contributed by atoms with van der Waals surface area (Å²) in [4.78, 5) is 28.2. The minimum atomic E-state index is -0.590. The minimum absolute atomic E-state index is 0.156. The lowest BCUT2D eigenvalue weighted by molar-refractivity contribution is -0.144. The Morgan fingerprint density at radius 3 is 2.57 bits per heavy atom. The maximum absolute atomic E-state index is 12.1. The van der Waals surface area contributed by atoms with Crippen molar-refractivity contribution in [2.45, 2.75) is 27.4 Å². The zero-order valence-electron chi connectivity index (χ0n) is 16.0. The second-order valence-electron chi connectivity index (χ2n) is 6.47. The van der Waals surface area contributed by atoms with Gasteiger partial charge in [0, 0.05) is 11.1 Å². The van der Waals surface area contributed by atoms with Crippen molar-refractivity contribution in [1.82, 2.24) is 15.5 Å². The number of rotatable bonds is 6. The van der Waals surface area contributed by atoms with Crippen LogP contribution in [0.15, 0.2) is 47.0 Å². The third kappa shape index (κ3) is 4.62. The molecule has 0 atom stereocenters. The van der Waals surface area contributed by atoms with E-state index in [4.69, 9.17) is 9.26 Å². The maximum atomic E-state index is 12.1. The third-order valence-corrected chi connectivity index (χ3v) is 4.37. The van der Waals surface area contributed by atoms with Crippen molar-refractivity contribution < 1.29 is 18.8 Å². The van der Waals surface area contributed by atoms with Crippen LogP contribution in [0.25, 0.3) is 11.4 Å². The van der Waals surface area contributed by atoms with Gasteiger partial charge in [-0.25, -0.2) is 0 Å². The van der Waals surface area contributed by atoms with Crippen molar-refractivity contribution in [2.24, 2.45) is 0 Å². The monoisotopic (exact) mass is 379 g/mol. The van der Waals surface area contributed by atoms with Gasteiger partial charge in [0.15, 0.2) is 6.61 Å². The van der Waals surface area contributed by atoms with E-state index in [1.165, 1.54) is 0 Å². The fraction of sp³-hybridized carbons (Fsp3) is 0.238. The first kappa shape index (κ1) is 19.3. The van der Waals surface area contributed by atoms with Gasteiger partial charge in [-0.05, 0) is 49.6 Å². The first-order valence-electron chi connectivity index (χ1n) is 8.83. The molecule has 144 valence electrons. The standard InChI is InChI=1S/C21H21N3O4/c1-13-8-9-16(10-15(13)3)21(26)22-11-19(25)27-12-18-23-20(24-28-18)17-7-5-4-6-14(17)2/h4-10H,11-12H2,1-3H3,(H,22,26). The van der Waals surface area contributed by atoms with E-state index in [1.807, 2.05) is 51.1 Å². The predicted octanol–water partition coefficient (Wildman–Crippen LogP) is 3.14. The zero-order chi connectivity index (χ0) is 20.1. The summed E-state index contributed by atoms with van der Waals surface area (Å²) in [6, 6.07) is 13.0. The molecule has 7 heteroatoms. The molecule has 0 aliphatic carbocycles. The molecule has 0 fully saturated rings. The second kappa shape index (κ2) is 8.47. The van der Waals surface area contributed by atoms with Crippen molar-refractivity contribution in [3.8, 4) is 11.4 Å². The Kier molecular flexibility index (Phi) is 5.84. The van der Waals surface area contributed by atoms with E-state index in [2.05, 4.69) is 15.5 Å². The van der Waals surface area contributed by atoms with Crippen LogP contribution in [0.1, 0.15) is 32.9 Å². The molecule has 0 radical (unpaired) electrons. The number of ether oxygens (including phenoxy) is 1. The van der Waals surface area contributed by atoms with E-state index >= 15 is 0 Å². The molecule has 3 aromatic rings. The van der Waals surface area contributed by atoms with Crippen LogP contribution in [0.4, 0.5) is 0 Å². The normalized spacial score (nSPS) is 10.5. The highest BCUT2D eigenvalue weighted by molar-refractivity contribution is 5.96. The van der Waals surface area contributed by atoms with Crippen molar-refractivity contribution in [3.05, 3.63) is 70.6 Å². The van der Waals surface area contributed by atoms with Crippen LogP contribution >= 0.6 is 0 Å². The van der Waals surface area contributed by atoms with Gasteiger partial charge in [0.05, 0.1) is 0 Å². The Labute approximate surface area is 162 Å². The van der Waals surface area contributed by atoms with E-state index < -0.39 is 5.97 Å². The van der Waals surface area contributed by atoms with Crippen molar-refractivity contribution in [2.75, 3.05) is 6.54 Å². The highest BCUT2D eigenvalue weighted by Gasteiger charge is 2.14. The summed E-state index contributed by atoms with van der Waals surface area (Å²) in [5.41, 5.74) is 4.47. The number of carbonyl (C=O) groups excluding carboxylic acids is 2.